The number of hydrogen-bond donors (Lipinski definition) is 4. The van der Waals surface area contributed by atoms with Crippen molar-refractivity contribution in [3.63, 3.8) is 0 Å². The molecule has 0 saturated carbocycles. The largest absolute Gasteiger partial charge is 0.493 e. The zero-order chi connectivity index (χ0) is 21.1. The first-order valence-electron chi connectivity index (χ1n) is 8.93. The van der Waals surface area contributed by atoms with Gasteiger partial charge >= 0.3 is 12.0 Å². The average molecular weight is 423 g/mol. The smallest absolute Gasteiger partial charge is 0.340 e. The Morgan fingerprint density at radius 1 is 1.34 bits per heavy atom. The third-order valence-corrected chi connectivity index (χ3v) is 4.43. The number of hydrazine groups is 1. The molecule has 0 saturated heterocycles. The number of amides is 2. The summed E-state index contributed by atoms with van der Waals surface area (Å²) in [4.78, 5) is 20.5. The fourth-order valence-corrected chi connectivity index (χ4v) is 2.86. The summed E-state index contributed by atoms with van der Waals surface area (Å²) in [5.74, 6) is 0.846. The number of thioether (sulfide) groups is 1. The second kappa shape index (κ2) is 11.9. The minimum atomic E-state index is -0.437. The molecule has 0 bridgehead atoms. The molecule has 2 amide bonds. The lowest BCUT2D eigenvalue weighted by atomic mass is 10.1. The number of aryl methyl sites for hydroxylation is 2. The summed E-state index contributed by atoms with van der Waals surface area (Å²) in [5.41, 5.74) is 7.20. The highest BCUT2D eigenvalue weighted by molar-refractivity contribution is 8.02. The predicted octanol–water partition coefficient (Wildman–Crippen LogP) is 3.27. The molecule has 4 N–H and O–H groups in total. The maximum atomic E-state index is 11.8. The van der Waals surface area contributed by atoms with Gasteiger partial charge in [0.25, 0.3) is 0 Å². The number of nitrogens with zero attached hydrogens (tertiary/aromatic N) is 2. The fraction of sp³-hybridized carbons (Fsp3) is 0.389. The molecule has 0 spiro atoms. The van der Waals surface area contributed by atoms with Crippen molar-refractivity contribution in [2.75, 3.05) is 25.2 Å². The molecule has 158 valence electrons. The van der Waals surface area contributed by atoms with Gasteiger partial charge in [0.15, 0.2) is 0 Å². The molecular weight excluding hydrogens is 398 g/mol. The number of benzene rings is 1. The lowest BCUT2D eigenvalue weighted by molar-refractivity contribution is -0.240. The van der Waals surface area contributed by atoms with Gasteiger partial charge in [0.2, 0.25) is 5.16 Å². The van der Waals surface area contributed by atoms with Gasteiger partial charge in [-0.2, -0.15) is 4.98 Å². The van der Waals surface area contributed by atoms with E-state index in [9.17, 15) is 4.79 Å². The number of aromatic nitrogens is 2. The van der Waals surface area contributed by atoms with Crippen LogP contribution in [0.5, 0.6) is 5.75 Å². The van der Waals surface area contributed by atoms with E-state index in [2.05, 4.69) is 43.8 Å². The Morgan fingerprint density at radius 3 is 2.93 bits per heavy atom. The van der Waals surface area contributed by atoms with Gasteiger partial charge in [0.05, 0.1) is 13.2 Å². The molecule has 2 rings (SSSR count). The molecule has 2 aromatic rings. The SMILES string of the molecule is C=C(CCOO)Sc1noc(NNC(=O)NCCCOc2ccc(C)cc2C)n1. The molecule has 0 atom stereocenters. The number of ether oxygens (including phenoxy) is 1. The first kappa shape index (κ1) is 22.5. The summed E-state index contributed by atoms with van der Waals surface area (Å²) in [6, 6.07) is 5.61. The van der Waals surface area contributed by atoms with E-state index in [1.54, 1.807) is 0 Å². The topological polar surface area (TPSA) is 131 Å². The van der Waals surface area contributed by atoms with E-state index in [-0.39, 0.29) is 12.6 Å². The van der Waals surface area contributed by atoms with Crippen LogP contribution in [0.4, 0.5) is 10.8 Å². The molecule has 10 nitrogen and oxygen atoms in total. The molecule has 1 aromatic carbocycles. The molecular formula is C18H25N5O5S. The number of carbonyl (C=O) groups is 1. The zero-order valence-corrected chi connectivity index (χ0v) is 17.2. The molecule has 29 heavy (non-hydrogen) atoms. The monoisotopic (exact) mass is 423 g/mol. The summed E-state index contributed by atoms with van der Waals surface area (Å²) >= 11 is 1.17. The van der Waals surface area contributed by atoms with E-state index < -0.39 is 6.03 Å². The van der Waals surface area contributed by atoms with Crippen molar-refractivity contribution in [3.05, 3.63) is 40.8 Å². The van der Waals surface area contributed by atoms with Crippen molar-refractivity contribution in [2.24, 2.45) is 0 Å². The van der Waals surface area contributed by atoms with Crippen LogP contribution in [0.2, 0.25) is 0 Å². The van der Waals surface area contributed by atoms with Crippen LogP contribution >= 0.6 is 11.8 Å². The fourth-order valence-electron chi connectivity index (χ4n) is 2.21. The Kier molecular flexibility index (Phi) is 9.28. The maximum Gasteiger partial charge on any atom is 0.340 e. The Bertz CT molecular complexity index is 814. The van der Waals surface area contributed by atoms with Crippen LogP contribution in [0.1, 0.15) is 24.0 Å². The van der Waals surface area contributed by atoms with Crippen molar-refractivity contribution in [2.45, 2.75) is 31.8 Å². The van der Waals surface area contributed by atoms with Crippen molar-refractivity contribution in [1.29, 1.82) is 0 Å². The Labute approximate surface area is 172 Å². The molecule has 0 fully saturated rings. The number of anilines is 1. The quantitative estimate of drug-likeness (QED) is 0.176. The first-order valence-corrected chi connectivity index (χ1v) is 9.75. The van der Waals surface area contributed by atoms with Gasteiger partial charge < -0.3 is 14.6 Å². The summed E-state index contributed by atoms with van der Waals surface area (Å²) in [5, 5.41) is 15.0. The molecule has 0 aliphatic carbocycles. The number of urea groups is 1. The zero-order valence-electron chi connectivity index (χ0n) is 16.4. The van der Waals surface area contributed by atoms with Crippen molar-refractivity contribution >= 4 is 23.8 Å². The third kappa shape index (κ3) is 8.42. The van der Waals surface area contributed by atoms with Crippen LogP contribution in [0.15, 0.2) is 39.4 Å². The molecule has 0 aliphatic heterocycles. The summed E-state index contributed by atoms with van der Waals surface area (Å²) < 4.78 is 10.7. The lowest BCUT2D eigenvalue weighted by Gasteiger charge is -2.10. The van der Waals surface area contributed by atoms with Gasteiger partial charge in [-0.05, 0) is 42.0 Å². The number of hydrogen-bond acceptors (Lipinski definition) is 9. The van der Waals surface area contributed by atoms with Crippen LogP contribution in [-0.4, -0.2) is 41.2 Å². The van der Waals surface area contributed by atoms with Gasteiger partial charge in [-0.25, -0.2) is 20.5 Å². The van der Waals surface area contributed by atoms with Crippen LogP contribution in [0, 0.1) is 13.8 Å². The second-order valence-corrected chi connectivity index (χ2v) is 7.23. The summed E-state index contributed by atoms with van der Waals surface area (Å²) in [7, 11) is 0. The molecule has 0 radical (unpaired) electrons. The van der Waals surface area contributed by atoms with Crippen LogP contribution in [-0.2, 0) is 4.89 Å². The minimum absolute atomic E-state index is 0.0343. The number of nitrogens with one attached hydrogen (secondary N) is 3. The number of carbonyl (C=O) groups excluding carboxylic acids is 1. The normalized spacial score (nSPS) is 10.4. The van der Waals surface area contributed by atoms with Gasteiger partial charge in [-0.1, -0.05) is 36.0 Å². The van der Waals surface area contributed by atoms with E-state index in [0.29, 0.717) is 36.1 Å². The molecule has 11 heteroatoms. The standard InChI is InChI=1S/C18H25N5O5S/c1-12-5-6-15(13(2)11-12)26-9-4-8-19-16(24)21-22-17-20-18(23-28-17)29-14(3)7-10-27-25/h5-6,11,25H,3-4,7-10H2,1-2H3,(H2,19,21,24)(H,20,22,23). The highest BCUT2D eigenvalue weighted by Crippen LogP contribution is 2.25. The van der Waals surface area contributed by atoms with Gasteiger partial charge in [0.1, 0.15) is 5.75 Å². The van der Waals surface area contributed by atoms with Gasteiger partial charge in [-0.3, -0.25) is 5.26 Å². The minimum Gasteiger partial charge on any atom is -0.493 e. The summed E-state index contributed by atoms with van der Waals surface area (Å²) in [6.45, 7) is 8.89. The summed E-state index contributed by atoms with van der Waals surface area (Å²) in [6.07, 6.45) is 1.09. The molecule has 0 unspecified atom stereocenters. The second-order valence-electron chi connectivity index (χ2n) is 6.08. The van der Waals surface area contributed by atoms with E-state index in [4.69, 9.17) is 14.5 Å². The van der Waals surface area contributed by atoms with Crippen molar-refractivity contribution in [3.8, 4) is 5.75 Å². The van der Waals surface area contributed by atoms with E-state index in [1.165, 1.54) is 17.3 Å². The van der Waals surface area contributed by atoms with Crippen LogP contribution in [0.3, 0.4) is 0 Å². The Balaban J connectivity index is 1.59. The highest BCUT2D eigenvalue weighted by atomic mass is 32.2. The lowest BCUT2D eigenvalue weighted by Crippen LogP contribution is -2.39. The van der Waals surface area contributed by atoms with E-state index in [0.717, 1.165) is 11.3 Å². The van der Waals surface area contributed by atoms with Gasteiger partial charge in [0, 0.05) is 13.0 Å². The number of rotatable bonds is 12. The van der Waals surface area contributed by atoms with Crippen LogP contribution < -0.4 is 20.9 Å². The van der Waals surface area contributed by atoms with E-state index >= 15 is 0 Å². The third-order valence-electron chi connectivity index (χ3n) is 3.59. The Morgan fingerprint density at radius 2 is 2.17 bits per heavy atom. The van der Waals surface area contributed by atoms with Crippen molar-refractivity contribution < 1.29 is 24.2 Å². The molecule has 1 aromatic heterocycles. The maximum absolute atomic E-state index is 11.8. The van der Waals surface area contributed by atoms with Crippen molar-refractivity contribution in [1.82, 2.24) is 20.9 Å². The Hall–Kier alpha value is -2.76. The highest BCUT2D eigenvalue weighted by Gasteiger charge is 2.09. The van der Waals surface area contributed by atoms with Gasteiger partial charge in [-0.15, -0.1) is 0 Å². The predicted molar refractivity (Wildman–Crippen MR) is 109 cm³/mol. The van der Waals surface area contributed by atoms with E-state index in [1.807, 2.05) is 26.0 Å². The molecule has 0 aliphatic rings. The van der Waals surface area contributed by atoms with Crippen LogP contribution in [0.25, 0.3) is 0 Å². The molecule has 1 heterocycles. The average Bonchev–Trinajstić information content (AvgIpc) is 3.13. The first-order chi connectivity index (χ1) is 14.0.